The van der Waals surface area contributed by atoms with E-state index < -0.39 is 12.2 Å². The molecule has 0 saturated heterocycles. The maximum Gasteiger partial charge on any atom is 0.387 e. The SMILES string of the molecule is CC(C)(N)C(=O)Nc1ccc(OC(F)F)c(Cc2ccccc2)c1. The number of ether oxygens (including phenoxy) is 1. The molecule has 0 atom stereocenters. The van der Waals surface area contributed by atoms with E-state index in [2.05, 4.69) is 10.1 Å². The molecule has 1 amide bonds. The van der Waals surface area contributed by atoms with Crippen LogP contribution >= 0.6 is 0 Å². The Bertz CT molecular complexity index is 698. The van der Waals surface area contributed by atoms with Crippen molar-refractivity contribution in [3.63, 3.8) is 0 Å². The van der Waals surface area contributed by atoms with Gasteiger partial charge in [0.1, 0.15) is 5.75 Å². The molecule has 0 fully saturated rings. The summed E-state index contributed by atoms with van der Waals surface area (Å²) in [7, 11) is 0. The van der Waals surface area contributed by atoms with Crippen molar-refractivity contribution in [3.8, 4) is 5.75 Å². The van der Waals surface area contributed by atoms with Gasteiger partial charge in [-0.1, -0.05) is 30.3 Å². The van der Waals surface area contributed by atoms with Crippen LogP contribution in [0, 0.1) is 0 Å². The van der Waals surface area contributed by atoms with Gasteiger partial charge in [0.2, 0.25) is 5.91 Å². The molecule has 0 radical (unpaired) electrons. The van der Waals surface area contributed by atoms with E-state index in [1.165, 1.54) is 12.1 Å². The molecule has 0 aliphatic rings. The van der Waals surface area contributed by atoms with Gasteiger partial charge in [0.15, 0.2) is 0 Å². The Morgan fingerprint density at radius 1 is 1.21 bits per heavy atom. The van der Waals surface area contributed by atoms with Crippen LogP contribution in [0.3, 0.4) is 0 Å². The summed E-state index contributed by atoms with van der Waals surface area (Å²) in [6, 6.07) is 13.9. The maximum absolute atomic E-state index is 12.6. The normalized spacial score (nSPS) is 11.4. The monoisotopic (exact) mass is 334 g/mol. The first-order valence-electron chi connectivity index (χ1n) is 7.47. The average Bonchev–Trinajstić information content (AvgIpc) is 2.49. The number of rotatable bonds is 6. The second-order valence-electron chi connectivity index (χ2n) is 6.04. The van der Waals surface area contributed by atoms with Gasteiger partial charge in [0.25, 0.3) is 0 Å². The molecule has 2 aromatic rings. The van der Waals surface area contributed by atoms with Crippen LogP contribution < -0.4 is 15.8 Å². The molecule has 0 spiro atoms. The van der Waals surface area contributed by atoms with Gasteiger partial charge in [-0.05, 0) is 37.6 Å². The van der Waals surface area contributed by atoms with Gasteiger partial charge < -0.3 is 15.8 Å². The summed E-state index contributed by atoms with van der Waals surface area (Å²) >= 11 is 0. The molecule has 3 N–H and O–H groups in total. The predicted molar refractivity (Wildman–Crippen MR) is 89.2 cm³/mol. The van der Waals surface area contributed by atoms with Crippen LogP contribution in [0.4, 0.5) is 14.5 Å². The van der Waals surface area contributed by atoms with Crippen LogP contribution in [-0.4, -0.2) is 18.1 Å². The molecule has 6 heteroatoms. The number of hydrogen-bond donors (Lipinski definition) is 2. The summed E-state index contributed by atoms with van der Waals surface area (Å²) < 4.78 is 29.8. The van der Waals surface area contributed by atoms with Crippen molar-refractivity contribution in [2.75, 3.05) is 5.32 Å². The molecule has 0 aliphatic heterocycles. The summed E-state index contributed by atoms with van der Waals surface area (Å²) in [5, 5.41) is 2.68. The van der Waals surface area contributed by atoms with E-state index in [1.54, 1.807) is 19.9 Å². The van der Waals surface area contributed by atoms with Crippen molar-refractivity contribution >= 4 is 11.6 Å². The lowest BCUT2D eigenvalue weighted by Gasteiger charge is -2.19. The van der Waals surface area contributed by atoms with Gasteiger partial charge in [-0.3, -0.25) is 4.79 Å². The molecular weight excluding hydrogens is 314 g/mol. The number of benzene rings is 2. The topological polar surface area (TPSA) is 64.4 Å². The van der Waals surface area contributed by atoms with Crippen LogP contribution in [0.15, 0.2) is 48.5 Å². The Morgan fingerprint density at radius 3 is 2.46 bits per heavy atom. The fourth-order valence-corrected chi connectivity index (χ4v) is 2.11. The molecule has 2 aromatic carbocycles. The number of alkyl halides is 2. The first-order valence-corrected chi connectivity index (χ1v) is 7.47. The Hall–Kier alpha value is -2.47. The van der Waals surface area contributed by atoms with E-state index in [4.69, 9.17) is 5.73 Å². The maximum atomic E-state index is 12.6. The molecule has 0 bridgehead atoms. The van der Waals surface area contributed by atoms with Gasteiger partial charge in [-0.25, -0.2) is 0 Å². The summed E-state index contributed by atoms with van der Waals surface area (Å²) in [6.07, 6.45) is 0.401. The number of carbonyl (C=O) groups excluding carboxylic acids is 1. The number of carbonyl (C=O) groups is 1. The molecule has 0 aliphatic carbocycles. The lowest BCUT2D eigenvalue weighted by molar-refractivity contribution is -0.120. The number of amides is 1. The summed E-state index contributed by atoms with van der Waals surface area (Å²) in [5.41, 5.74) is 6.68. The van der Waals surface area contributed by atoms with Gasteiger partial charge in [-0.15, -0.1) is 0 Å². The van der Waals surface area contributed by atoms with Crippen LogP contribution in [0.2, 0.25) is 0 Å². The van der Waals surface area contributed by atoms with E-state index in [0.717, 1.165) is 5.56 Å². The van der Waals surface area contributed by atoms with Crippen LogP contribution in [0.5, 0.6) is 5.75 Å². The molecule has 2 rings (SSSR count). The van der Waals surface area contributed by atoms with E-state index in [-0.39, 0.29) is 11.7 Å². The van der Waals surface area contributed by atoms with Gasteiger partial charge >= 0.3 is 6.61 Å². The van der Waals surface area contributed by atoms with Crippen molar-refractivity contribution in [1.29, 1.82) is 0 Å². The van der Waals surface area contributed by atoms with Crippen LogP contribution in [0.25, 0.3) is 0 Å². The number of nitrogens with two attached hydrogens (primary N) is 1. The fraction of sp³-hybridized carbons (Fsp3) is 0.278. The van der Waals surface area contributed by atoms with Crippen LogP contribution in [0.1, 0.15) is 25.0 Å². The third-order valence-corrected chi connectivity index (χ3v) is 3.36. The molecule has 128 valence electrons. The van der Waals surface area contributed by atoms with Crippen LogP contribution in [-0.2, 0) is 11.2 Å². The fourth-order valence-electron chi connectivity index (χ4n) is 2.11. The minimum absolute atomic E-state index is 0.0823. The third kappa shape index (κ3) is 5.03. The molecule has 0 saturated carbocycles. The van der Waals surface area contributed by atoms with Gasteiger partial charge in [0, 0.05) is 17.7 Å². The number of hydrogen-bond acceptors (Lipinski definition) is 3. The van der Waals surface area contributed by atoms with E-state index in [0.29, 0.717) is 17.7 Å². The van der Waals surface area contributed by atoms with Crippen molar-refractivity contribution in [3.05, 3.63) is 59.7 Å². The first-order chi connectivity index (χ1) is 11.3. The quantitative estimate of drug-likeness (QED) is 0.849. The number of nitrogens with one attached hydrogen (secondary N) is 1. The highest BCUT2D eigenvalue weighted by Crippen LogP contribution is 2.27. The van der Waals surface area contributed by atoms with Crippen molar-refractivity contribution < 1.29 is 18.3 Å². The zero-order valence-corrected chi connectivity index (χ0v) is 13.6. The summed E-state index contributed by atoms with van der Waals surface area (Å²) in [4.78, 5) is 12.0. The summed E-state index contributed by atoms with van der Waals surface area (Å²) in [5.74, 6) is -0.283. The second-order valence-corrected chi connectivity index (χ2v) is 6.04. The van der Waals surface area contributed by atoms with Gasteiger partial charge in [-0.2, -0.15) is 8.78 Å². The Morgan fingerprint density at radius 2 is 1.88 bits per heavy atom. The minimum atomic E-state index is -2.91. The van der Waals surface area contributed by atoms with E-state index in [1.807, 2.05) is 30.3 Å². The molecule has 0 unspecified atom stereocenters. The van der Waals surface area contributed by atoms with E-state index >= 15 is 0 Å². The molecule has 0 heterocycles. The van der Waals surface area contributed by atoms with Crippen molar-refractivity contribution in [1.82, 2.24) is 0 Å². The van der Waals surface area contributed by atoms with Crippen molar-refractivity contribution in [2.45, 2.75) is 32.4 Å². The standard InChI is InChI=1S/C18H20F2N2O2/c1-18(2,21)16(23)22-14-8-9-15(24-17(19)20)13(11-14)10-12-6-4-3-5-7-12/h3-9,11,17H,10,21H2,1-2H3,(H,22,23). The highest BCUT2D eigenvalue weighted by atomic mass is 19.3. The second kappa shape index (κ2) is 7.40. The third-order valence-electron chi connectivity index (χ3n) is 3.36. The lowest BCUT2D eigenvalue weighted by atomic mass is 10.0. The molecular formula is C18H20F2N2O2. The Balaban J connectivity index is 2.29. The van der Waals surface area contributed by atoms with Gasteiger partial charge in [0.05, 0.1) is 5.54 Å². The zero-order valence-electron chi connectivity index (χ0n) is 13.6. The summed E-state index contributed by atoms with van der Waals surface area (Å²) in [6.45, 7) is 0.256. The Labute approximate surface area is 139 Å². The largest absolute Gasteiger partial charge is 0.435 e. The zero-order chi connectivity index (χ0) is 17.7. The highest BCUT2D eigenvalue weighted by molar-refractivity contribution is 5.97. The highest BCUT2D eigenvalue weighted by Gasteiger charge is 2.22. The molecule has 0 aromatic heterocycles. The molecule has 24 heavy (non-hydrogen) atoms. The number of halogens is 2. The smallest absolute Gasteiger partial charge is 0.387 e. The predicted octanol–water partition coefficient (Wildman–Crippen LogP) is 3.55. The first kappa shape index (κ1) is 17.9. The van der Waals surface area contributed by atoms with Crippen molar-refractivity contribution in [2.24, 2.45) is 5.73 Å². The number of anilines is 1. The van der Waals surface area contributed by atoms with E-state index in [9.17, 15) is 13.6 Å². The minimum Gasteiger partial charge on any atom is -0.435 e. The Kier molecular flexibility index (Phi) is 5.51. The average molecular weight is 334 g/mol. The molecule has 4 nitrogen and oxygen atoms in total. The lowest BCUT2D eigenvalue weighted by Crippen LogP contribution is -2.45.